The van der Waals surface area contributed by atoms with Crippen molar-refractivity contribution in [3.05, 3.63) is 29.8 Å². The predicted molar refractivity (Wildman–Crippen MR) is 102 cm³/mol. The summed E-state index contributed by atoms with van der Waals surface area (Å²) in [6.07, 6.45) is 4.13. The van der Waals surface area contributed by atoms with E-state index in [1.807, 2.05) is 23.1 Å². The molecule has 1 saturated heterocycles. The van der Waals surface area contributed by atoms with Gasteiger partial charge >= 0.3 is 0 Å². The van der Waals surface area contributed by atoms with Gasteiger partial charge in [0.25, 0.3) is 0 Å². The number of carbonyl (C=O) groups excluding carboxylic acids is 1. The molecular formula is C19H27N3O3S. The van der Waals surface area contributed by atoms with E-state index >= 15 is 0 Å². The minimum atomic E-state index is -3.11. The molecule has 0 atom stereocenters. The van der Waals surface area contributed by atoms with Crippen molar-refractivity contribution in [1.29, 1.82) is 0 Å². The highest BCUT2D eigenvalue weighted by atomic mass is 32.2. The molecule has 0 N–H and O–H groups in total. The highest BCUT2D eigenvalue weighted by molar-refractivity contribution is 7.90. The number of fused-ring (bicyclic) bond motifs is 1. The summed E-state index contributed by atoms with van der Waals surface area (Å²) in [5.74, 6) is 0.146. The average molecular weight is 378 g/mol. The highest BCUT2D eigenvalue weighted by Crippen LogP contribution is 2.33. The van der Waals surface area contributed by atoms with Crippen LogP contribution in [0, 0.1) is 0 Å². The molecule has 7 heteroatoms. The van der Waals surface area contributed by atoms with E-state index in [1.54, 1.807) is 11.4 Å². The van der Waals surface area contributed by atoms with Gasteiger partial charge in [0.05, 0.1) is 11.8 Å². The first kappa shape index (κ1) is 17.9. The summed E-state index contributed by atoms with van der Waals surface area (Å²) in [5.41, 5.74) is 2.29. The molecule has 1 aliphatic carbocycles. The van der Waals surface area contributed by atoms with Crippen LogP contribution in [-0.4, -0.2) is 68.0 Å². The molecule has 0 radical (unpaired) electrons. The lowest BCUT2D eigenvalue weighted by molar-refractivity contribution is -0.120. The van der Waals surface area contributed by atoms with Crippen LogP contribution in [0.5, 0.6) is 0 Å². The quantitative estimate of drug-likeness (QED) is 0.780. The lowest BCUT2D eigenvalue weighted by Crippen LogP contribution is -2.49. The second-order valence-electron chi connectivity index (χ2n) is 7.69. The van der Waals surface area contributed by atoms with Gasteiger partial charge in [-0.2, -0.15) is 0 Å². The first-order valence-corrected chi connectivity index (χ1v) is 11.0. The summed E-state index contributed by atoms with van der Waals surface area (Å²) in [7, 11) is -1.39. The number of rotatable bonds is 5. The van der Waals surface area contributed by atoms with Gasteiger partial charge < -0.3 is 4.90 Å². The Morgan fingerprint density at radius 3 is 2.50 bits per heavy atom. The second-order valence-corrected chi connectivity index (χ2v) is 9.96. The van der Waals surface area contributed by atoms with Crippen molar-refractivity contribution in [1.82, 2.24) is 9.21 Å². The van der Waals surface area contributed by atoms with E-state index in [1.165, 1.54) is 5.56 Å². The lowest BCUT2D eigenvalue weighted by atomic mass is 10.1. The zero-order valence-corrected chi connectivity index (χ0v) is 16.1. The van der Waals surface area contributed by atoms with Gasteiger partial charge in [-0.3, -0.25) is 9.69 Å². The molecule has 0 spiro atoms. The van der Waals surface area contributed by atoms with Crippen LogP contribution in [0.25, 0.3) is 0 Å². The van der Waals surface area contributed by atoms with Crippen LogP contribution in [-0.2, 0) is 21.2 Å². The molecule has 3 aliphatic rings. The maximum absolute atomic E-state index is 12.7. The zero-order valence-electron chi connectivity index (χ0n) is 15.3. The Morgan fingerprint density at radius 2 is 1.81 bits per heavy atom. The smallest absolute Gasteiger partial charge is 0.241 e. The Labute approximate surface area is 155 Å². The number of nitrogens with zero attached hydrogens (tertiary/aromatic N) is 3. The Kier molecular flexibility index (Phi) is 4.79. The van der Waals surface area contributed by atoms with Crippen molar-refractivity contribution in [3.8, 4) is 0 Å². The Morgan fingerprint density at radius 1 is 1.12 bits per heavy atom. The second kappa shape index (κ2) is 6.94. The molecule has 1 amide bonds. The van der Waals surface area contributed by atoms with Gasteiger partial charge in [-0.25, -0.2) is 12.7 Å². The number of para-hydroxylation sites is 1. The van der Waals surface area contributed by atoms with Crippen LogP contribution >= 0.6 is 0 Å². The summed E-state index contributed by atoms with van der Waals surface area (Å²) >= 11 is 0. The largest absolute Gasteiger partial charge is 0.311 e. The first-order valence-electron chi connectivity index (χ1n) is 9.54. The Bertz CT molecular complexity index is 783. The van der Waals surface area contributed by atoms with E-state index in [0.717, 1.165) is 57.4 Å². The number of anilines is 1. The van der Waals surface area contributed by atoms with Gasteiger partial charge in [-0.05, 0) is 43.7 Å². The molecule has 4 rings (SSSR count). The number of amides is 1. The minimum Gasteiger partial charge on any atom is -0.311 e. The predicted octanol–water partition coefficient (Wildman–Crippen LogP) is 1.46. The molecule has 0 unspecified atom stereocenters. The van der Waals surface area contributed by atoms with Crippen molar-refractivity contribution < 1.29 is 13.2 Å². The maximum Gasteiger partial charge on any atom is 0.241 e. The van der Waals surface area contributed by atoms with E-state index in [-0.39, 0.29) is 17.2 Å². The average Bonchev–Trinajstić information content (AvgIpc) is 3.42. The van der Waals surface area contributed by atoms with Crippen LogP contribution in [0.2, 0.25) is 0 Å². The molecule has 26 heavy (non-hydrogen) atoms. The lowest BCUT2D eigenvalue weighted by Gasteiger charge is -2.36. The van der Waals surface area contributed by atoms with Gasteiger partial charge in [0.2, 0.25) is 15.9 Å². The van der Waals surface area contributed by atoms with Crippen molar-refractivity contribution in [2.24, 2.45) is 0 Å². The highest BCUT2D eigenvalue weighted by Gasteiger charge is 2.41. The van der Waals surface area contributed by atoms with Crippen molar-refractivity contribution >= 4 is 21.6 Å². The van der Waals surface area contributed by atoms with Crippen LogP contribution in [0.4, 0.5) is 5.69 Å². The van der Waals surface area contributed by atoms with Crippen molar-refractivity contribution in [2.45, 2.75) is 43.4 Å². The Balaban J connectivity index is 1.31. The summed E-state index contributed by atoms with van der Waals surface area (Å²) in [6, 6.07) is 8.17. The molecular weight excluding hydrogens is 350 g/mol. The maximum atomic E-state index is 12.7. The van der Waals surface area contributed by atoms with Crippen LogP contribution in [0.1, 0.15) is 31.2 Å². The summed E-state index contributed by atoms with van der Waals surface area (Å²) < 4.78 is 26.4. The molecule has 6 nitrogen and oxygen atoms in total. The molecule has 142 valence electrons. The Hall–Kier alpha value is -1.44. The topological polar surface area (TPSA) is 60.9 Å². The summed E-state index contributed by atoms with van der Waals surface area (Å²) in [6.45, 7) is 2.73. The zero-order chi connectivity index (χ0) is 18.3. The SMILES string of the molecule is CN(C1CCN(CC(=O)N2CCc3ccccc32)CC1)S(=O)(=O)C1CC1. The van der Waals surface area contributed by atoms with E-state index in [9.17, 15) is 13.2 Å². The fourth-order valence-corrected chi connectivity index (χ4v) is 5.95. The molecule has 1 aromatic carbocycles. The third-order valence-corrected chi connectivity index (χ3v) is 8.38. The van der Waals surface area contributed by atoms with E-state index in [2.05, 4.69) is 11.0 Å². The van der Waals surface area contributed by atoms with Crippen LogP contribution in [0.3, 0.4) is 0 Å². The molecule has 0 bridgehead atoms. The van der Waals surface area contributed by atoms with Crippen LogP contribution in [0.15, 0.2) is 24.3 Å². The van der Waals surface area contributed by atoms with E-state index in [4.69, 9.17) is 0 Å². The molecule has 1 saturated carbocycles. The monoisotopic (exact) mass is 377 g/mol. The van der Waals surface area contributed by atoms with Crippen molar-refractivity contribution in [2.75, 3.05) is 38.1 Å². The third-order valence-electron chi connectivity index (χ3n) is 5.97. The molecule has 2 fully saturated rings. The van der Waals surface area contributed by atoms with Gasteiger partial charge in [0, 0.05) is 38.4 Å². The summed E-state index contributed by atoms with van der Waals surface area (Å²) in [4.78, 5) is 16.8. The van der Waals surface area contributed by atoms with Gasteiger partial charge in [0.1, 0.15) is 0 Å². The molecule has 0 aromatic heterocycles. The first-order chi connectivity index (χ1) is 12.5. The van der Waals surface area contributed by atoms with Crippen LogP contribution < -0.4 is 4.90 Å². The van der Waals surface area contributed by atoms with Crippen molar-refractivity contribution in [3.63, 3.8) is 0 Å². The number of piperidine rings is 1. The number of carbonyl (C=O) groups is 1. The normalized spacial score (nSPS) is 22.0. The molecule has 2 heterocycles. The number of hydrogen-bond acceptors (Lipinski definition) is 4. The van der Waals surface area contributed by atoms with Gasteiger partial charge in [-0.15, -0.1) is 0 Å². The number of hydrogen-bond donors (Lipinski definition) is 0. The number of sulfonamides is 1. The van der Waals surface area contributed by atoms with Gasteiger partial charge in [-0.1, -0.05) is 18.2 Å². The molecule has 2 aliphatic heterocycles. The molecule has 1 aromatic rings. The third kappa shape index (κ3) is 3.40. The fraction of sp³-hybridized carbons (Fsp3) is 0.632. The van der Waals surface area contributed by atoms with E-state index < -0.39 is 10.0 Å². The number of benzene rings is 1. The number of likely N-dealkylation sites (tertiary alicyclic amines) is 1. The van der Waals surface area contributed by atoms with Gasteiger partial charge in [0.15, 0.2) is 0 Å². The summed E-state index contributed by atoms with van der Waals surface area (Å²) in [5, 5.41) is -0.151. The standard InChI is InChI=1S/C19H27N3O3S/c1-20(26(24,25)17-6-7-17)16-9-11-21(12-10-16)14-19(23)22-13-8-15-4-2-3-5-18(15)22/h2-5,16-17H,6-14H2,1H3. The van der Waals surface area contributed by atoms with E-state index in [0.29, 0.717) is 6.54 Å². The fourth-order valence-electron chi connectivity index (χ4n) is 4.12. The minimum absolute atomic E-state index is 0.0689.